The second-order valence-electron chi connectivity index (χ2n) is 7.44. The average molecular weight is 368 g/mol. The van der Waals surface area contributed by atoms with Crippen LogP contribution in [0.3, 0.4) is 0 Å². The van der Waals surface area contributed by atoms with Gasteiger partial charge in [0.05, 0.1) is 5.54 Å². The second-order valence-corrected chi connectivity index (χ2v) is 7.44. The number of hydrogen-bond acceptors (Lipinski definition) is 3. The van der Waals surface area contributed by atoms with Gasteiger partial charge in [0.25, 0.3) is 0 Å². The summed E-state index contributed by atoms with van der Waals surface area (Å²) in [5.74, 6) is -0.775. The number of rotatable bonds is 5. The molecule has 1 heterocycles. The van der Waals surface area contributed by atoms with Crippen LogP contribution < -0.4 is 16.0 Å². The Bertz CT molecular complexity index is 627. The van der Waals surface area contributed by atoms with Crippen LogP contribution in [-0.4, -0.2) is 30.4 Å². The number of carbonyl (C=O) groups is 2. The van der Waals surface area contributed by atoms with E-state index in [0.29, 0.717) is 19.5 Å². The van der Waals surface area contributed by atoms with E-state index in [1.165, 1.54) is 0 Å². The summed E-state index contributed by atoms with van der Waals surface area (Å²) < 4.78 is 0. The third kappa shape index (κ3) is 4.53. The highest BCUT2D eigenvalue weighted by Gasteiger charge is 2.40. The zero-order chi connectivity index (χ0) is 18.1. The highest BCUT2D eigenvalue weighted by atomic mass is 35.5. The zero-order valence-electron chi connectivity index (χ0n) is 15.8. The van der Waals surface area contributed by atoms with Crippen molar-refractivity contribution in [3.63, 3.8) is 0 Å². The van der Waals surface area contributed by atoms with E-state index in [0.717, 1.165) is 16.8 Å². The molecule has 2 amide bonds. The Morgan fingerprint density at radius 1 is 1.32 bits per heavy atom. The lowest BCUT2D eigenvalue weighted by atomic mass is 9.87. The van der Waals surface area contributed by atoms with Crippen LogP contribution in [0, 0.1) is 25.7 Å². The smallest absolute Gasteiger partial charge is 0.239 e. The van der Waals surface area contributed by atoms with Gasteiger partial charge in [-0.1, -0.05) is 19.9 Å². The van der Waals surface area contributed by atoms with E-state index in [9.17, 15) is 9.59 Å². The second kappa shape index (κ2) is 8.19. The molecule has 3 N–H and O–H groups in total. The normalized spacial score (nSPS) is 19.6. The Morgan fingerprint density at radius 3 is 2.36 bits per heavy atom. The summed E-state index contributed by atoms with van der Waals surface area (Å²) in [5.41, 5.74) is 8.43. The standard InChI is InChI=1S/C19H29N3O2.ClH/c1-12(2)19(5,11-20)21-17(23)16-6-7-22(18(16)24)15-9-13(3)8-14(4)10-15;/h8-10,12,16H,6-7,11,20H2,1-5H3,(H,21,23);1H. The molecule has 0 bridgehead atoms. The van der Waals surface area contributed by atoms with Crippen LogP contribution in [0.25, 0.3) is 0 Å². The summed E-state index contributed by atoms with van der Waals surface area (Å²) in [7, 11) is 0. The Balaban J connectivity index is 0.00000312. The van der Waals surface area contributed by atoms with Crippen molar-refractivity contribution in [3.8, 4) is 0 Å². The van der Waals surface area contributed by atoms with E-state index in [1.807, 2.05) is 46.8 Å². The molecule has 5 nitrogen and oxygen atoms in total. The summed E-state index contributed by atoms with van der Waals surface area (Å²) in [6.45, 7) is 10.9. The van der Waals surface area contributed by atoms with Crippen molar-refractivity contribution in [2.75, 3.05) is 18.0 Å². The molecule has 25 heavy (non-hydrogen) atoms. The molecule has 2 unspecified atom stereocenters. The fourth-order valence-corrected chi connectivity index (χ4v) is 3.09. The summed E-state index contributed by atoms with van der Waals surface area (Å²) in [5, 5.41) is 3.00. The maximum absolute atomic E-state index is 12.7. The van der Waals surface area contributed by atoms with E-state index in [-0.39, 0.29) is 30.1 Å². The minimum Gasteiger partial charge on any atom is -0.349 e. The molecule has 0 saturated carbocycles. The molecule has 1 aliphatic rings. The fraction of sp³-hybridized carbons (Fsp3) is 0.579. The molecule has 0 radical (unpaired) electrons. The summed E-state index contributed by atoms with van der Waals surface area (Å²) >= 11 is 0. The third-order valence-electron chi connectivity index (χ3n) is 5.15. The summed E-state index contributed by atoms with van der Waals surface area (Å²) in [6.07, 6.45) is 0.538. The van der Waals surface area contributed by atoms with Crippen LogP contribution in [-0.2, 0) is 9.59 Å². The zero-order valence-corrected chi connectivity index (χ0v) is 16.6. The monoisotopic (exact) mass is 367 g/mol. The number of aryl methyl sites for hydroxylation is 2. The molecule has 0 spiro atoms. The topological polar surface area (TPSA) is 75.4 Å². The van der Waals surface area contributed by atoms with Gasteiger partial charge in [0.1, 0.15) is 5.92 Å². The fourth-order valence-electron chi connectivity index (χ4n) is 3.09. The molecular weight excluding hydrogens is 338 g/mol. The first kappa shape index (κ1) is 21.5. The maximum Gasteiger partial charge on any atom is 0.239 e. The van der Waals surface area contributed by atoms with Crippen LogP contribution in [0.15, 0.2) is 18.2 Å². The Morgan fingerprint density at radius 2 is 1.88 bits per heavy atom. The van der Waals surface area contributed by atoms with E-state index in [4.69, 9.17) is 5.73 Å². The summed E-state index contributed by atoms with van der Waals surface area (Å²) in [4.78, 5) is 27.1. The van der Waals surface area contributed by atoms with Gasteiger partial charge in [0.15, 0.2) is 0 Å². The van der Waals surface area contributed by atoms with Gasteiger partial charge in [0.2, 0.25) is 11.8 Å². The molecule has 1 saturated heterocycles. The number of anilines is 1. The molecule has 1 aliphatic heterocycles. The van der Waals surface area contributed by atoms with Crippen LogP contribution in [0.2, 0.25) is 0 Å². The number of amides is 2. The Labute approximate surface area is 156 Å². The first-order chi connectivity index (χ1) is 11.2. The average Bonchev–Trinajstić information content (AvgIpc) is 2.87. The van der Waals surface area contributed by atoms with Gasteiger partial charge in [-0.05, 0) is 56.4 Å². The number of hydrogen-bond donors (Lipinski definition) is 2. The van der Waals surface area contributed by atoms with E-state index in [2.05, 4.69) is 11.4 Å². The van der Waals surface area contributed by atoms with Crippen LogP contribution in [0.5, 0.6) is 0 Å². The lowest BCUT2D eigenvalue weighted by Gasteiger charge is -2.34. The lowest BCUT2D eigenvalue weighted by Crippen LogP contribution is -2.57. The van der Waals surface area contributed by atoms with Crippen LogP contribution in [0.1, 0.15) is 38.3 Å². The van der Waals surface area contributed by atoms with Crippen molar-refractivity contribution in [1.82, 2.24) is 5.32 Å². The third-order valence-corrected chi connectivity index (χ3v) is 5.15. The molecule has 140 valence electrons. The minimum absolute atomic E-state index is 0. The van der Waals surface area contributed by atoms with Crippen molar-refractivity contribution >= 4 is 29.9 Å². The number of carbonyl (C=O) groups excluding carboxylic acids is 2. The number of benzene rings is 1. The van der Waals surface area contributed by atoms with Gasteiger partial charge in [0, 0.05) is 18.8 Å². The van der Waals surface area contributed by atoms with Gasteiger partial charge >= 0.3 is 0 Å². The lowest BCUT2D eigenvalue weighted by molar-refractivity contribution is -0.133. The molecule has 1 aromatic carbocycles. The molecule has 2 atom stereocenters. The molecule has 6 heteroatoms. The van der Waals surface area contributed by atoms with Crippen molar-refractivity contribution in [3.05, 3.63) is 29.3 Å². The SMILES string of the molecule is Cc1cc(C)cc(N2CCC(C(=O)NC(C)(CN)C(C)C)C2=O)c1.Cl. The first-order valence-electron chi connectivity index (χ1n) is 8.59. The number of nitrogens with two attached hydrogens (primary N) is 1. The van der Waals surface area contributed by atoms with Crippen molar-refractivity contribution in [2.24, 2.45) is 17.6 Å². The van der Waals surface area contributed by atoms with Crippen molar-refractivity contribution < 1.29 is 9.59 Å². The molecule has 1 fully saturated rings. The van der Waals surface area contributed by atoms with Crippen LogP contribution in [0.4, 0.5) is 5.69 Å². The quantitative estimate of drug-likeness (QED) is 0.785. The highest BCUT2D eigenvalue weighted by Crippen LogP contribution is 2.28. The van der Waals surface area contributed by atoms with Gasteiger partial charge in [-0.3, -0.25) is 9.59 Å². The van der Waals surface area contributed by atoms with E-state index < -0.39 is 11.5 Å². The molecular formula is C19H30ClN3O2. The first-order valence-corrected chi connectivity index (χ1v) is 8.59. The molecule has 2 rings (SSSR count). The number of halogens is 1. The van der Waals surface area contributed by atoms with Gasteiger partial charge in [-0.25, -0.2) is 0 Å². The van der Waals surface area contributed by atoms with Crippen LogP contribution >= 0.6 is 12.4 Å². The largest absolute Gasteiger partial charge is 0.349 e. The van der Waals surface area contributed by atoms with Crippen molar-refractivity contribution in [1.29, 1.82) is 0 Å². The van der Waals surface area contributed by atoms with E-state index in [1.54, 1.807) is 4.90 Å². The van der Waals surface area contributed by atoms with Gasteiger partial charge in [-0.2, -0.15) is 0 Å². The minimum atomic E-state index is -0.629. The van der Waals surface area contributed by atoms with Gasteiger partial charge < -0.3 is 16.0 Å². The number of nitrogens with zero attached hydrogens (tertiary/aromatic N) is 1. The summed E-state index contributed by atoms with van der Waals surface area (Å²) in [6, 6.07) is 6.05. The van der Waals surface area contributed by atoms with Gasteiger partial charge in [-0.15, -0.1) is 12.4 Å². The van der Waals surface area contributed by atoms with Crippen molar-refractivity contribution in [2.45, 2.75) is 46.6 Å². The molecule has 1 aromatic rings. The molecule has 0 aliphatic carbocycles. The highest BCUT2D eigenvalue weighted by molar-refractivity contribution is 6.09. The predicted octanol–water partition coefficient (Wildman–Crippen LogP) is 2.57. The van der Waals surface area contributed by atoms with E-state index >= 15 is 0 Å². The Hall–Kier alpha value is -1.59. The predicted molar refractivity (Wildman–Crippen MR) is 104 cm³/mol. The number of nitrogens with one attached hydrogen (secondary N) is 1. The molecule has 0 aromatic heterocycles. The maximum atomic E-state index is 12.7. The Kier molecular flexibility index (Phi) is 7.03.